The van der Waals surface area contributed by atoms with Gasteiger partial charge in [-0.1, -0.05) is 23.9 Å². The molecule has 1 aromatic carbocycles. The third-order valence-electron chi connectivity index (χ3n) is 5.27. The van der Waals surface area contributed by atoms with Crippen molar-refractivity contribution >= 4 is 44.9 Å². The first-order valence-electron chi connectivity index (χ1n) is 9.85. The van der Waals surface area contributed by atoms with Crippen molar-refractivity contribution in [3.63, 3.8) is 0 Å². The number of carbonyl (C=O) groups excluding carboxylic acids is 2. The summed E-state index contributed by atoms with van der Waals surface area (Å²) in [5, 5.41) is 2.05. The minimum Gasteiger partial charge on any atom is -0.355 e. The number of nitrogens with zero attached hydrogens (tertiary/aromatic N) is 1. The molecule has 4 aromatic rings. The molecule has 0 aliphatic carbocycles. The highest BCUT2D eigenvalue weighted by molar-refractivity contribution is 8.00. The molecule has 0 saturated heterocycles. The summed E-state index contributed by atoms with van der Waals surface area (Å²) in [6.45, 7) is 6.72. The Morgan fingerprint density at radius 2 is 1.84 bits per heavy atom. The number of aromatic amines is 2. The van der Waals surface area contributed by atoms with Gasteiger partial charge in [-0.3, -0.25) is 14.4 Å². The van der Waals surface area contributed by atoms with Crippen LogP contribution in [-0.4, -0.2) is 31.8 Å². The summed E-state index contributed by atoms with van der Waals surface area (Å²) in [5.74, 6) is -0.619. The van der Waals surface area contributed by atoms with Gasteiger partial charge in [-0.15, -0.1) is 11.3 Å². The second-order valence-electron chi connectivity index (χ2n) is 7.51. The van der Waals surface area contributed by atoms with E-state index in [0.717, 1.165) is 17.3 Å². The molecule has 0 spiro atoms. The first-order valence-corrected chi connectivity index (χ1v) is 11.6. The van der Waals surface area contributed by atoms with Crippen LogP contribution >= 0.6 is 23.1 Å². The molecule has 0 saturated carbocycles. The average molecular weight is 470 g/mol. The van der Waals surface area contributed by atoms with Gasteiger partial charge in [0.25, 0.3) is 5.56 Å². The lowest BCUT2D eigenvalue weighted by Gasteiger charge is -2.09. The van der Waals surface area contributed by atoms with E-state index in [4.69, 9.17) is 0 Å². The van der Waals surface area contributed by atoms with Crippen molar-refractivity contribution in [1.29, 1.82) is 0 Å². The van der Waals surface area contributed by atoms with Crippen LogP contribution < -0.4 is 5.56 Å². The molecule has 0 aliphatic rings. The van der Waals surface area contributed by atoms with Crippen LogP contribution in [0.1, 0.15) is 46.0 Å². The van der Waals surface area contributed by atoms with Gasteiger partial charge in [0.15, 0.2) is 16.7 Å². The van der Waals surface area contributed by atoms with Gasteiger partial charge in [-0.2, -0.15) is 0 Å². The highest BCUT2D eigenvalue weighted by Gasteiger charge is 2.25. The first kappa shape index (κ1) is 22.2. The zero-order valence-electron chi connectivity index (χ0n) is 17.8. The molecule has 2 N–H and O–H groups in total. The van der Waals surface area contributed by atoms with Crippen molar-refractivity contribution in [2.24, 2.45) is 0 Å². The predicted molar refractivity (Wildman–Crippen MR) is 126 cm³/mol. The number of hydrogen-bond acceptors (Lipinski definition) is 6. The van der Waals surface area contributed by atoms with Crippen molar-refractivity contribution in [3.05, 3.63) is 68.3 Å². The summed E-state index contributed by atoms with van der Waals surface area (Å²) in [4.78, 5) is 48.5. The topological polar surface area (TPSA) is 95.7 Å². The molecule has 6 nitrogen and oxygen atoms in total. The standard InChI is InChI=1S/C23H20FN3O3S2/c1-10-17(12(3)28)11(2)25-19(10)20(29)13(4)32-23-26-21(30)18-16(9-31-22(18)27-23)14-5-7-15(24)8-6-14/h5-9,13,25H,1-4H3,(H,26,27,30). The molecule has 4 rings (SSSR count). The van der Waals surface area contributed by atoms with Gasteiger partial charge < -0.3 is 9.97 Å². The predicted octanol–water partition coefficient (Wildman–Crippen LogP) is 5.30. The molecule has 164 valence electrons. The number of carbonyl (C=O) groups is 2. The molecule has 3 heterocycles. The summed E-state index contributed by atoms with van der Waals surface area (Å²) in [6, 6.07) is 5.94. The molecule has 0 radical (unpaired) electrons. The van der Waals surface area contributed by atoms with E-state index in [1.165, 1.54) is 30.4 Å². The van der Waals surface area contributed by atoms with E-state index >= 15 is 0 Å². The fourth-order valence-electron chi connectivity index (χ4n) is 3.78. The van der Waals surface area contributed by atoms with Crippen LogP contribution in [0.2, 0.25) is 0 Å². The lowest BCUT2D eigenvalue weighted by molar-refractivity contribution is 0.0988. The summed E-state index contributed by atoms with van der Waals surface area (Å²) in [5.41, 5.74) is 3.32. The maximum absolute atomic E-state index is 13.2. The van der Waals surface area contributed by atoms with Gasteiger partial charge in [0.2, 0.25) is 0 Å². The number of fused-ring (bicyclic) bond motifs is 1. The molecule has 1 unspecified atom stereocenters. The smallest absolute Gasteiger partial charge is 0.260 e. The van der Waals surface area contributed by atoms with E-state index in [-0.39, 0.29) is 22.9 Å². The molecular weight excluding hydrogens is 449 g/mol. The summed E-state index contributed by atoms with van der Waals surface area (Å²) in [6.07, 6.45) is 0. The molecule has 0 aliphatic heterocycles. The Morgan fingerprint density at radius 3 is 2.47 bits per heavy atom. The minimum absolute atomic E-state index is 0.0956. The van der Waals surface area contributed by atoms with Crippen LogP contribution in [0, 0.1) is 19.7 Å². The molecule has 1 atom stereocenters. The number of thioether (sulfide) groups is 1. The number of thiophene rings is 1. The van der Waals surface area contributed by atoms with Crippen LogP contribution in [0.25, 0.3) is 21.3 Å². The van der Waals surface area contributed by atoms with E-state index in [2.05, 4.69) is 15.0 Å². The maximum atomic E-state index is 13.2. The molecule has 0 fully saturated rings. The van der Waals surface area contributed by atoms with Crippen molar-refractivity contribution in [3.8, 4) is 11.1 Å². The first-order chi connectivity index (χ1) is 15.2. The monoisotopic (exact) mass is 469 g/mol. The Hall–Kier alpha value is -3.04. The Morgan fingerprint density at radius 1 is 1.16 bits per heavy atom. The summed E-state index contributed by atoms with van der Waals surface area (Å²) in [7, 11) is 0. The number of halogens is 1. The van der Waals surface area contributed by atoms with E-state index in [9.17, 15) is 18.8 Å². The third-order valence-corrected chi connectivity index (χ3v) is 7.13. The molecule has 3 aromatic heterocycles. The number of nitrogens with one attached hydrogen (secondary N) is 2. The zero-order valence-corrected chi connectivity index (χ0v) is 19.5. The third kappa shape index (κ3) is 3.93. The van der Waals surface area contributed by atoms with Gasteiger partial charge in [-0.25, -0.2) is 9.37 Å². The van der Waals surface area contributed by atoms with Crippen molar-refractivity contribution in [1.82, 2.24) is 15.0 Å². The van der Waals surface area contributed by atoms with E-state index in [1.54, 1.807) is 32.9 Å². The number of hydrogen-bond donors (Lipinski definition) is 2. The van der Waals surface area contributed by atoms with Gasteiger partial charge in [0, 0.05) is 22.2 Å². The Balaban J connectivity index is 1.63. The molecule has 32 heavy (non-hydrogen) atoms. The minimum atomic E-state index is -0.538. The maximum Gasteiger partial charge on any atom is 0.260 e. The van der Waals surface area contributed by atoms with Gasteiger partial charge in [0.1, 0.15) is 10.6 Å². The number of benzene rings is 1. The lowest BCUT2D eigenvalue weighted by atomic mass is 10.0. The Bertz CT molecular complexity index is 1420. The summed E-state index contributed by atoms with van der Waals surface area (Å²) >= 11 is 2.47. The van der Waals surface area contributed by atoms with E-state index < -0.39 is 5.25 Å². The second-order valence-corrected chi connectivity index (χ2v) is 9.70. The highest BCUT2D eigenvalue weighted by atomic mass is 32.2. The van der Waals surface area contributed by atoms with Crippen molar-refractivity contribution < 1.29 is 14.0 Å². The molecule has 0 amide bonds. The number of aromatic nitrogens is 3. The van der Waals surface area contributed by atoms with Crippen LogP contribution in [0.3, 0.4) is 0 Å². The quantitative estimate of drug-likeness (QED) is 0.227. The number of ketones is 2. The van der Waals surface area contributed by atoms with E-state index in [0.29, 0.717) is 43.5 Å². The largest absolute Gasteiger partial charge is 0.355 e. The van der Waals surface area contributed by atoms with Crippen LogP contribution in [-0.2, 0) is 0 Å². The highest BCUT2D eigenvalue weighted by Crippen LogP contribution is 2.32. The fourth-order valence-corrected chi connectivity index (χ4v) is 5.64. The molecular formula is C23H20FN3O3S2. The lowest BCUT2D eigenvalue weighted by Crippen LogP contribution is -2.17. The number of aryl methyl sites for hydroxylation is 1. The molecule has 0 bridgehead atoms. The Kier molecular flexibility index (Phi) is 5.87. The van der Waals surface area contributed by atoms with Crippen LogP contribution in [0.5, 0.6) is 0 Å². The number of Topliss-reactive ketones (excluding diaryl/α,β-unsaturated/α-hetero) is 2. The fraction of sp³-hybridized carbons (Fsp3) is 0.217. The van der Waals surface area contributed by atoms with Crippen molar-refractivity contribution in [2.75, 3.05) is 0 Å². The second kappa shape index (κ2) is 8.48. The average Bonchev–Trinajstić information content (AvgIpc) is 3.28. The van der Waals surface area contributed by atoms with Gasteiger partial charge in [-0.05, 0) is 51.0 Å². The van der Waals surface area contributed by atoms with E-state index in [1.807, 2.05) is 5.38 Å². The van der Waals surface area contributed by atoms with Crippen molar-refractivity contribution in [2.45, 2.75) is 38.1 Å². The molecule has 9 heteroatoms. The number of rotatable bonds is 6. The Labute approximate surface area is 191 Å². The zero-order chi connectivity index (χ0) is 23.2. The SMILES string of the molecule is CC(=O)c1c(C)[nH]c(C(=O)C(C)Sc2nc3scc(-c4ccc(F)cc4)c3c(=O)[nH]2)c1C. The van der Waals surface area contributed by atoms with Gasteiger partial charge >= 0.3 is 0 Å². The summed E-state index contributed by atoms with van der Waals surface area (Å²) < 4.78 is 13.2. The normalized spacial score (nSPS) is 12.3. The van der Waals surface area contributed by atoms with Gasteiger partial charge in [0.05, 0.1) is 16.3 Å². The van der Waals surface area contributed by atoms with Crippen LogP contribution in [0.15, 0.2) is 39.6 Å². The van der Waals surface area contributed by atoms with Crippen LogP contribution in [0.4, 0.5) is 4.39 Å². The number of H-pyrrole nitrogens is 2.